The first kappa shape index (κ1) is 17.4. The van der Waals surface area contributed by atoms with Gasteiger partial charge in [0.2, 0.25) is 5.91 Å². The van der Waals surface area contributed by atoms with E-state index in [1.54, 1.807) is 14.2 Å². The van der Waals surface area contributed by atoms with Gasteiger partial charge in [-0.1, -0.05) is 48.2 Å². The van der Waals surface area contributed by atoms with E-state index in [0.29, 0.717) is 17.3 Å². The van der Waals surface area contributed by atoms with Crippen molar-refractivity contribution in [3.8, 4) is 11.5 Å². The zero-order valence-electron chi connectivity index (χ0n) is 15.8. The average molecular weight is 392 g/mol. The fraction of sp³-hybridized carbons (Fsp3) is 0.273. The summed E-state index contributed by atoms with van der Waals surface area (Å²) in [6.45, 7) is 0. The lowest BCUT2D eigenvalue weighted by Gasteiger charge is -2.37. The maximum Gasteiger partial charge on any atom is 0.239 e. The van der Waals surface area contributed by atoms with Crippen LogP contribution in [0.2, 0.25) is 0 Å². The third-order valence-electron chi connectivity index (χ3n) is 5.56. The van der Waals surface area contributed by atoms with Crippen molar-refractivity contribution in [3.05, 3.63) is 64.7 Å². The summed E-state index contributed by atoms with van der Waals surface area (Å²) in [5.41, 5.74) is 5.60. The second-order valence-corrected chi connectivity index (χ2v) is 7.91. The van der Waals surface area contributed by atoms with Crippen molar-refractivity contribution in [1.29, 1.82) is 0 Å². The van der Waals surface area contributed by atoms with Gasteiger partial charge in [0.25, 0.3) is 0 Å². The predicted octanol–water partition coefficient (Wildman–Crippen LogP) is 4.05. The number of aryl methyl sites for hydroxylation is 1. The standard InChI is InChI=1S/C22H20N2O3S/c1-26-17-9-5-8-16(21(17)27-2)20-15-11-10-13-6-3-4-7-14(13)19(15)23-22-24(20)18(25)12-28-22/h3-9,20H,10-12H2,1-2H3/t20-/m0/s1. The lowest BCUT2D eigenvalue weighted by Crippen LogP contribution is -2.38. The number of amides is 1. The zero-order valence-corrected chi connectivity index (χ0v) is 16.6. The molecule has 1 saturated heterocycles. The highest BCUT2D eigenvalue weighted by molar-refractivity contribution is 8.15. The van der Waals surface area contributed by atoms with Gasteiger partial charge >= 0.3 is 0 Å². The number of para-hydroxylation sites is 1. The van der Waals surface area contributed by atoms with E-state index in [2.05, 4.69) is 24.3 Å². The molecule has 0 radical (unpaired) electrons. The Morgan fingerprint density at radius 2 is 1.93 bits per heavy atom. The van der Waals surface area contributed by atoms with Gasteiger partial charge in [0.15, 0.2) is 16.7 Å². The lowest BCUT2D eigenvalue weighted by atomic mass is 9.82. The number of rotatable bonds is 3. The van der Waals surface area contributed by atoms with Crippen LogP contribution in [0.5, 0.6) is 11.5 Å². The number of nitrogens with zero attached hydrogens (tertiary/aromatic N) is 2. The molecule has 2 aromatic rings. The van der Waals surface area contributed by atoms with Gasteiger partial charge in [-0.05, 0) is 30.0 Å². The molecule has 5 nitrogen and oxygen atoms in total. The van der Waals surface area contributed by atoms with Crippen LogP contribution in [-0.2, 0) is 11.2 Å². The van der Waals surface area contributed by atoms with Crippen LogP contribution in [0.4, 0.5) is 0 Å². The average Bonchev–Trinajstić information content (AvgIpc) is 3.11. The van der Waals surface area contributed by atoms with E-state index in [1.165, 1.54) is 28.5 Å². The van der Waals surface area contributed by atoms with Gasteiger partial charge in [-0.3, -0.25) is 9.69 Å². The van der Waals surface area contributed by atoms with Crippen LogP contribution in [0.3, 0.4) is 0 Å². The van der Waals surface area contributed by atoms with Crippen molar-refractivity contribution >= 4 is 28.5 Å². The summed E-state index contributed by atoms with van der Waals surface area (Å²) in [4.78, 5) is 19.6. The minimum Gasteiger partial charge on any atom is -0.493 e. The number of carbonyl (C=O) groups is 1. The summed E-state index contributed by atoms with van der Waals surface area (Å²) in [6, 6.07) is 14.1. The van der Waals surface area contributed by atoms with Crippen LogP contribution in [0.1, 0.15) is 29.2 Å². The van der Waals surface area contributed by atoms with Crippen LogP contribution < -0.4 is 9.47 Å². The van der Waals surface area contributed by atoms with Crippen LogP contribution in [0.25, 0.3) is 5.70 Å². The number of methoxy groups -OCH3 is 2. The monoisotopic (exact) mass is 392 g/mol. The van der Waals surface area contributed by atoms with E-state index in [-0.39, 0.29) is 11.9 Å². The van der Waals surface area contributed by atoms with Gasteiger partial charge in [0.1, 0.15) is 0 Å². The van der Waals surface area contributed by atoms with Gasteiger partial charge in [0, 0.05) is 11.1 Å². The highest BCUT2D eigenvalue weighted by Gasteiger charge is 2.43. The molecule has 0 bridgehead atoms. The Bertz CT molecular complexity index is 1040. The fourth-order valence-electron chi connectivity index (χ4n) is 4.35. The molecule has 1 amide bonds. The lowest BCUT2D eigenvalue weighted by molar-refractivity contribution is -0.125. The molecular weight excluding hydrogens is 372 g/mol. The summed E-state index contributed by atoms with van der Waals surface area (Å²) in [7, 11) is 3.28. The number of amidine groups is 1. The third-order valence-corrected chi connectivity index (χ3v) is 6.50. The Morgan fingerprint density at radius 3 is 2.75 bits per heavy atom. The molecule has 0 saturated carbocycles. The van der Waals surface area contributed by atoms with E-state index in [9.17, 15) is 4.79 Å². The summed E-state index contributed by atoms with van der Waals surface area (Å²) >= 11 is 1.51. The molecule has 0 N–H and O–H groups in total. The first-order chi connectivity index (χ1) is 13.7. The third kappa shape index (κ3) is 2.48. The predicted molar refractivity (Wildman–Crippen MR) is 111 cm³/mol. The molecule has 0 spiro atoms. The molecule has 28 heavy (non-hydrogen) atoms. The number of ether oxygens (including phenoxy) is 2. The Morgan fingerprint density at radius 1 is 1.07 bits per heavy atom. The summed E-state index contributed by atoms with van der Waals surface area (Å²) in [5.74, 6) is 1.85. The van der Waals surface area contributed by atoms with Gasteiger partial charge in [-0.15, -0.1) is 0 Å². The summed E-state index contributed by atoms with van der Waals surface area (Å²) in [5, 5.41) is 0.773. The summed E-state index contributed by atoms with van der Waals surface area (Å²) < 4.78 is 11.2. The van der Waals surface area contributed by atoms with Crippen molar-refractivity contribution in [3.63, 3.8) is 0 Å². The minimum atomic E-state index is -0.219. The van der Waals surface area contributed by atoms with E-state index >= 15 is 0 Å². The molecule has 0 aromatic heterocycles. The normalized spacial score (nSPS) is 20.4. The first-order valence-corrected chi connectivity index (χ1v) is 10.3. The highest BCUT2D eigenvalue weighted by atomic mass is 32.2. The Labute approximate surface area is 168 Å². The number of carbonyl (C=O) groups excluding carboxylic acids is 1. The number of benzene rings is 2. The largest absolute Gasteiger partial charge is 0.493 e. The van der Waals surface area contributed by atoms with E-state index < -0.39 is 0 Å². The second-order valence-electron chi connectivity index (χ2n) is 6.96. The van der Waals surface area contributed by atoms with E-state index in [0.717, 1.165) is 29.3 Å². The Kier molecular flexibility index (Phi) is 4.16. The second kappa shape index (κ2) is 6.71. The molecule has 1 atom stereocenters. The number of fused-ring (bicyclic) bond motifs is 3. The van der Waals surface area contributed by atoms with Gasteiger partial charge in [-0.2, -0.15) is 0 Å². The molecule has 5 rings (SSSR count). The zero-order chi connectivity index (χ0) is 19.3. The highest BCUT2D eigenvalue weighted by Crippen LogP contribution is 2.50. The molecular formula is C22H20N2O3S. The van der Waals surface area contributed by atoms with E-state index in [4.69, 9.17) is 14.5 Å². The van der Waals surface area contributed by atoms with Crippen molar-refractivity contribution in [2.45, 2.75) is 18.9 Å². The van der Waals surface area contributed by atoms with Gasteiger partial charge in [0.05, 0.1) is 31.7 Å². The van der Waals surface area contributed by atoms with Crippen molar-refractivity contribution in [2.75, 3.05) is 20.0 Å². The number of hydrogen-bond donors (Lipinski definition) is 0. The molecule has 2 aromatic carbocycles. The van der Waals surface area contributed by atoms with Gasteiger partial charge in [-0.25, -0.2) is 4.99 Å². The molecule has 6 heteroatoms. The molecule has 142 valence electrons. The first-order valence-electron chi connectivity index (χ1n) is 9.28. The van der Waals surface area contributed by atoms with Crippen LogP contribution in [0, 0.1) is 0 Å². The molecule has 1 aliphatic carbocycles. The van der Waals surface area contributed by atoms with Crippen LogP contribution in [-0.4, -0.2) is 35.9 Å². The van der Waals surface area contributed by atoms with E-state index in [1.807, 2.05) is 23.1 Å². The number of aliphatic imine (C=N–C) groups is 1. The fourth-order valence-corrected chi connectivity index (χ4v) is 5.24. The Hall–Kier alpha value is -2.73. The van der Waals surface area contributed by atoms with Crippen LogP contribution >= 0.6 is 11.8 Å². The minimum absolute atomic E-state index is 0.0871. The maximum absolute atomic E-state index is 12.8. The molecule has 3 aliphatic rings. The van der Waals surface area contributed by atoms with Crippen molar-refractivity contribution < 1.29 is 14.3 Å². The molecule has 2 heterocycles. The SMILES string of the molecule is COc1cccc([C@@H]2C3=C(N=C4SCC(=O)N42)c2ccccc2CC3)c1OC. The van der Waals surface area contributed by atoms with Gasteiger partial charge < -0.3 is 9.47 Å². The quantitative estimate of drug-likeness (QED) is 0.791. The molecule has 0 unspecified atom stereocenters. The van der Waals surface area contributed by atoms with Crippen molar-refractivity contribution in [2.24, 2.45) is 4.99 Å². The van der Waals surface area contributed by atoms with Crippen molar-refractivity contribution in [1.82, 2.24) is 4.90 Å². The topological polar surface area (TPSA) is 51.1 Å². The molecule has 1 fully saturated rings. The number of thioether (sulfide) groups is 1. The maximum atomic E-state index is 12.8. The summed E-state index contributed by atoms with van der Waals surface area (Å²) in [6.07, 6.45) is 1.81. The van der Waals surface area contributed by atoms with Crippen LogP contribution in [0.15, 0.2) is 53.0 Å². The smallest absolute Gasteiger partial charge is 0.239 e. The number of hydrogen-bond acceptors (Lipinski definition) is 5. The molecule has 2 aliphatic heterocycles. The Balaban J connectivity index is 1.76.